The van der Waals surface area contributed by atoms with Gasteiger partial charge < -0.3 is 9.84 Å². The number of carboxylic acids is 1. The van der Waals surface area contributed by atoms with Crippen molar-refractivity contribution >= 4 is 17.6 Å². The molecule has 1 aromatic heterocycles. The molecule has 0 amide bonds. The minimum atomic E-state index is -0.758. The topological polar surface area (TPSA) is 75.5 Å². The Morgan fingerprint density at radius 1 is 1.21 bits per heavy atom. The largest absolute Gasteiger partial charge is 0.489 e. The van der Waals surface area contributed by atoms with Gasteiger partial charge in [0.05, 0.1) is 12.1 Å². The summed E-state index contributed by atoms with van der Waals surface area (Å²) in [5.41, 5.74) is 3.86. The van der Waals surface area contributed by atoms with E-state index >= 15 is 0 Å². The normalized spacial score (nSPS) is 14.0. The Morgan fingerprint density at radius 2 is 2.00 bits per heavy atom. The number of aromatic nitrogens is 2. The van der Waals surface area contributed by atoms with Gasteiger partial charge in [-0.3, -0.25) is 9.69 Å². The number of rotatable bonds is 8. The number of carboxylic acid groups (broad SMARTS) is 1. The zero-order chi connectivity index (χ0) is 23.4. The fraction of sp³-hybridized carbons (Fsp3) is 0.346. The molecule has 172 valence electrons. The van der Waals surface area contributed by atoms with Crippen LogP contribution < -0.4 is 4.74 Å². The van der Waals surface area contributed by atoms with Crippen molar-refractivity contribution in [3.63, 3.8) is 0 Å². The summed E-state index contributed by atoms with van der Waals surface area (Å²) in [6.07, 6.45) is 2.89. The molecular weight excluding hydrogens is 438 g/mol. The van der Waals surface area contributed by atoms with Crippen LogP contribution in [0.25, 0.3) is 11.4 Å². The Kier molecular flexibility index (Phi) is 6.96. The fourth-order valence-corrected chi connectivity index (χ4v) is 4.43. The molecule has 6 nitrogen and oxygen atoms in total. The number of hydrogen-bond acceptors (Lipinski definition) is 5. The van der Waals surface area contributed by atoms with Gasteiger partial charge in [0.1, 0.15) is 12.4 Å². The smallest absolute Gasteiger partial charge is 0.303 e. The summed E-state index contributed by atoms with van der Waals surface area (Å²) in [4.78, 5) is 22.8. The van der Waals surface area contributed by atoms with Gasteiger partial charge in [0.2, 0.25) is 0 Å². The Morgan fingerprint density at radius 3 is 2.73 bits per heavy atom. The van der Waals surface area contributed by atoms with Crippen molar-refractivity contribution in [2.75, 3.05) is 13.1 Å². The molecule has 7 heteroatoms. The van der Waals surface area contributed by atoms with Crippen molar-refractivity contribution in [2.45, 2.75) is 39.8 Å². The first kappa shape index (κ1) is 23.2. The third-order valence-electron chi connectivity index (χ3n) is 5.70. The molecule has 0 spiro atoms. The van der Waals surface area contributed by atoms with E-state index in [-0.39, 0.29) is 11.8 Å². The van der Waals surface area contributed by atoms with Crippen molar-refractivity contribution in [2.24, 2.45) is 5.41 Å². The summed E-state index contributed by atoms with van der Waals surface area (Å²) in [6, 6.07) is 15.4. The summed E-state index contributed by atoms with van der Waals surface area (Å²) in [5, 5.41) is 9.83. The lowest BCUT2D eigenvalue weighted by Crippen LogP contribution is -2.39. The van der Waals surface area contributed by atoms with Crippen LogP contribution in [-0.2, 0) is 24.4 Å². The quantitative estimate of drug-likeness (QED) is 0.490. The zero-order valence-corrected chi connectivity index (χ0v) is 19.7. The maximum atomic E-state index is 11.1. The number of fused-ring (bicyclic) bond motifs is 1. The summed E-state index contributed by atoms with van der Waals surface area (Å²) in [6.45, 7) is 6.79. The maximum Gasteiger partial charge on any atom is 0.303 e. The van der Waals surface area contributed by atoms with Gasteiger partial charge in [0.25, 0.3) is 0 Å². The molecule has 0 atom stereocenters. The van der Waals surface area contributed by atoms with Gasteiger partial charge in [-0.25, -0.2) is 9.97 Å². The summed E-state index contributed by atoms with van der Waals surface area (Å²) >= 11 is 6.03. The minimum absolute atomic E-state index is 0.157. The second kappa shape index (κ2) is 9.89. The molecule has 0 aliphatic carbocycles. The molecule has 1 aliphatic heterocycles. The molecule has 0 fully saturated rings. The standard InChI is InChI=1S/C26H28ClN3O3/c1-26(2,13-24(31)32)17-30-11-10-23-20(15-30)14-28-25(29-23)19-6-8-22(9-7-19)33-16-18-4-3-5-21(27)12-18/h3-9,12,14H,10-11,13,15-17H2,1-2H3,(H,31,32). The second-order valence-corrected chi connectivity index (χ2v) is 9.74. The van der Waals surface area contributed by atoms with Crippen molar-refractivity contribution in [1.29, 1.82) is 0 Å². The van der Waals surface area contributed by atoms with Crippen LogP contribution in [0.15, 0.2) is 54.7 Å². The number of aliphatic carboxylic acids is 1. The fourth-order valence-electron chi connectivity index (χ4n) is 4.21. The van der Waals surface area contributed by atoms with E-state index in [1.807, 2.05) is 68.6 Å². The Balaban J connectivity index is 1.38. The van der Waals surface area contributed by atoms with Gasteiger partial charge in [-0.05, 0) is 47.4 Å². The lowest BCUT2D eigenvalue weighted by molar-refractivity contribution is -0.139. The molecule has 4 rings (SSSR count). The van der Waals surface area contributed by atoms with Crippen LogP contribution in [0.3, 0.4) is 0 Å². The van der Waals surface area contributed by atoms with Crippen molar-refractivity contribution in [3.05, 3.63) is 76.6 Å². The second-order valence-electron chi connectivity index (χ2n) is 9.30. The SMILES string of the molecule is CC(C)(CC(=O)O)CN1CCc2nc(-c3ccc(OCc4cccc(Cl)c4)cc3)ncc2C1. The molecule has 1 aliphatic rings. The van der Waals surface area contributed by atoms with Crippen LogP contribution in [-0.4, -0.2) is 39.0 Å². The molecule has 0 unspecified atom stereocenters. The van der Waals surface area contributed by atoms with E-state index in [0.29, 0.717) is 17.5 Å². The van der Waals surface area contributed by atoms with Gasteiger partial charge in [0.15, 0.2) is 5.82 Å². The van der Waals surface area contributed by atoms with Gasteiger partial charge in [-0.15, -0.1) is 0 Å². The highest BCUT2D eigenvalue weighted by molar-refractivity contribution is 6.30. The first-order valence-corrected chi connectivity index (χ1v) is 11.4. The van der Waals surface area contributed by atoms with Crippen LogP contribution in [0, 0.1) is 5.41 Å². The van der Waals surface area contributed by atoms with Gasteiger partial charge in [-0.1, -0.05) is 37.6 Å². The predicted octanol–water partition coefficient (Wildman–Crippen LogP) is 5.24. The Hall–Kier alpha value is -2.96. The number of halogens is 1. The average molecular weight is 466 g/mol. The van der Waals surface area contributed by atoms with E-state index in [0.717, 1.165) is 54.2 Å². The third kappa shape index (κ3) is 6.30. The molecule has 2 aromatic carbocycles. The highest BCUT2D eigenvalue weighted by Crippen LogP contribution is 2.27. The third-order valence-corrected chi connectivity index (χ3v) is 5.94. The van der Waals surface area contributed by atoms with E-state index in [1.165, 1.54) is 0 Å². The van der Waals surface area contributed by atoms with Crippen LogP contribution in [0.4, 0.5) is 0 Å². The Labute approximate surface area is 199 Å². The molecule has 0 saturated heterocycles. The predicted molar refractivity (Wildman–Crippen MR) is 128 cm³/mol. The van der Waals surface area contributed by atoms with E-state index in [1.54, 1.807) is 0 Å². The lowest BCUT2D eigenvalue weighted by atomic mass is 9.88. The number of nitrogens with zero attached hydrogens (tertiary/aromatic N) is 3. The molecule has 2 heterocycles. The summed E-state index contributed by atoms with van der Waals surface area (Å²) in [5.74, 6) is 0.720. The van der Waals surface area contributed by atoms with E-state index in [4.69, 9.17) is 26.4 Å². The average Bonchev–Trinajstić information content (AvgIpc) is 2.76. The maximum absolute atomic E-state index is 11.1. The molecule has 1 N–H and O–H groups in total. The Bertz CT molecular complexity index is 1130. The van der Waals surface area contributed by atoms with Crippen molar-refractivity contribution in [1.82, 2.24) is 14.9 Å². The molecule has 3 aromatic rings. The minimum Gasteiger partial charge on any atom is -0.489 e. The molecule has 0 radical (unpaired) electrons. The zero-order valence-electron chi connectivity index (χ0n) is 18.9. The molecule has 0 bridgehead atoms. The monoisotopic (exact) mass is 465 g/mol. The van der Waals surface area contributed by atoms with Crippen LogP contribution in [0.5, 0.6) is 5.75 Å². The molecule has 33 heavy (non-hydrogen) atoms. The van der Waals surface area contributed by atoms with Gasteiger partial charge >= 0.3 is 5.97 Å². The first-order valence-electron chi connectivity index (χ1n) is 11.0. The van der Waals surface area contributed by atoms with Crippen molar-refractivity contribution in [3.8, 4) is 17.1 Å². The van der Waals surface area contributed by atoms with E-state index < -0.39 is 5.97 Å². The molecular formula is C26H28ClN3O3. The van der Waals surface area contributed by atoms with Crippen LogP contribution in [0.1, 0.15) is 37.1 Å². The number of hydrogen-bond donors (Lipinski definition) is 1. The molecule has 0 saturated carbocycles. The number of carbonyl (C=O) groups is 1. The number of benzene rings is 2. The van der Waals surface area contributed by atoms with Crippen molar-refractivity contribution < 1.29 is 14.6 Å². The summed E-state index contributed by atoms with van der Waals surface area (Å²) in [7, 11) is 0. The van der Waals surface area contributed by atoms with E-state index in [2.05, 4.69) is 9.88 Å². The lowest BCUT2D eigenvalue weighted by Gasteiger charge is -2.34. The first-order chi connectivity index (χ1) is 15.8. The summed E-state index contributed by atoms with van der Waals surface area (Å²) < 4.78 is 5.86. The van der Waals surface area contributed by atoms with Crippen LogP contribution in [0.2, 0.25) is 5.02 Å². The van der Waals surface area contributed by atoms with Gasteiger partial charge in [0, 0.05) is 48.4 Å². The number of ether oxygens (including phenoxy) is 1. The highest BCUT2D eigenvalue weighted by Gasteiger charge is 2.27. The van der Waals surface area contributed by atoms with Gasteiger partial charge in [-0.2, -0.15) is 0 Å². The van der Waals surface area contributed by atoms with Crippen LogP contribution >= 0.6 is 11.6 Å². The highest BCUT2D eigenvalue weighted by atomic mass is 35.5. The van der Waals surface area contributed by atoms with E-state index in [9.17, 15) is 4.79 Å².